The topological polar surface area (TPSA) is 90.9 Å². The van der Waals surface area contributed by atoms with Crippen LogP contribution in [0.25, 0.3) is 0 Å². The first kappa shape index (κ1) is 33.3. The quantitative estimate of drug-likeness (QED) is 0.118. The minimum Gasteiger partial charge on any atom is -0.489 e. The molecule has 3 N–H and O–H groups in total. The molecule has 1 aliphatic heterocycles. The van der Waals surface area contributed by atoms with Gasteiger partial charge in [0.1, 0.15) is 18.0 Å². The van der Waals surface area contributed by atoms with Gasteiger partial charge in [-0.1, -0.05) is 63.1 Å². The van der Waals surface area contributed by atoms with Crippen LogP contribution in [0.3, 0.4) is 0 Å². The van der Waals surface area contributed by atoms with Crippen LogP contribution in [0.1, 0.15) is 67.7 Å². The summed E-state index contributed by atoms with van der Waals surface area (Å²) >= 11 is 5.91. The van der Waals surface area contributed by atoms with E-state index in [1.807, 2.05) is 79.7 Å². The number of aliphatic hydroxyl groups is 1. The highest BCUT2D eigenvalue weighted by Gasteiger charge is 2.50. The normalized spacial score (nSPS) is 18.9. The smallest absolute Gasteiger partial charge is 0.181 e. The largest absolute Gasteiger partial charge is 0.489 e. The summed E-state index contributed by atoms with van der Waals surface area (Å²) in [5.41, 5.74) is 3.16. The van der Waals surface area contributed by atoms with Crippen LogP contribution < -0.4 is 20.3 Å². The van der Waals surface area contributed by atoms with Gasteiger partial charge in [-0.3, -0.25) is 10.6 Å². The van der Waals surface area contributed by atoms with Crippen molar-refractivity contribution in [1.82, 2.24) is 10.6 Å². The van der Waals surface area contributed by atoms with Crippen molar-refractivity contribution < 1.29 is 18.3 Å². The number of fused-ring (bicyclic) bond motifs is 1. The molecule has 234 valence electrons. The van der Waals surface area contributed by atoms with E-state index in [-0.39, 0.29) is 10.6 Å². The molecule has 0 aromatic heterocycles. The molecule has 0 saturated carbocycles. The SMILES string of the molecule is CCCCNC1(NCCCC)CS(=O)(=O)c2ccc(N(C)C)cc2[C@@H](c2ccc(OCc3ccc(CCl)cc3)cc2)[C@H]1O. The number of nitrogens with one attached hydrogen (secondary N) is 2. The lowest BCUT2D eigenvalue weighted by molar-refractivity contribution is 0.0377. The Kier molecular flexibility index (Phi) is 11.5. The van der Waals surface area contributed by atoms with Crippen molar-refractivity contribution in [3.63, 3.8) is 0 Å². The molecule has 0 unspecified atom stereocenters. The zero-order valence-corrected chi connectivity index (χ0v) is 27.3. The van der Waals surface area contributed by atoms with Crippen molar-refractivity contribution in [1.29, 1.82) is 0 Å². The first-order valence-electron chi connectivity index (χ1n) is 15.2. The zero-order chi connectivity index (χ0) is 31.0. The van der Waals surface area contributed by atoms with E-state index in [0.29, 0.717) is 36.9 Å². The van der Waals surface area contributed by atoms with Gasteiger partial charge in [-0.2, -0.15) is 0 Å². The molecule has 0 fully saturated rings. The van der Waals surface area contributed by atoms with E-state index in [0.717, 1.165) is 48.1 Å². The maximum absolute atomic E-state index is 14.1. The fourth-order valence-electron chi connectivity index (χ4n) is 5.63. The summed E-state index contributed by atoms with van der Waals surface area (Å²) in [5.74, 6) is 0.312. The Morgan fingerprint density at radius 3 is 2.09 bits per heavy atom. The van der Waals surface area contributed by atoms with Crippen molar-refractivity contribution in [3.8, 4) is 5.75 Å². The lowest BCUT2D eigenvalue weighted by Crippen LogP contribution is -2.68. The first-order valence-corrected chi connectivity index (χ1v) is 17.4. The van der Waals surface area contributed by atoms with E-state index in [4.69, 9.17) is 16.3 Å². The van der Waals surface area contributed by atoms with Crippen molar-refractivity contribution in [2.45, 2.75) is 74.6 Å². The second-order valence-corrected chi connectivity index (χ2v) is 13.9. The summed E-state index contributed by atoms with van der Waals surface area (Å²) in [6.07, 6.45) is 2.58. The van der Waals surface area contributed by atoms with Crippen LogP contribution >= 0.6 is 11.6 Å². The molecule has 9 heteroatoms. The number of hydrogen-bond donors (Lipinski definition) is 3. The standard InChI is InChI=1S/C34H46ClN3O4S/c1-5-7-19-36-34(37-20-8-6-2)24-43(40,41)31-18-15-28(38(3)4)21-30(31)32(33(34)39)27-13-16-29(17-14-27)42-23-26-11-9-25(22-35)10-12-26/h9-18,21,32-33,36-37,39H,5-8,19-20,22-24H2,1-4H3/t32-,33-/m1/s1. The van der Waals surface area contributed by atoms with Gasteiger partial charge in [-0.05, 0) is 78.5 Å². The number of halogens is 1. The third-order valence-corrected chi connectivity index (χ3v) is 10.4. The maximum atomic E-state index is 14.1. The number of ether oxygens (including phenoxy) is 1. The van der Waals surface area contributed by atoms with Crippen molar-refractivity contribution in [2.24, 2.45) is 0 Å². The predicted molar refractivity (Wildman–Crippen MR) is 176 cm³/mol. The maximum Gasteiger partial charge on any atom is 0.181 e. The fraction of sp³-hybridized carbons (Fsp3) is 0.471. The lowest BCUT2D eigenvalue weighted by Gasteiger charge is -2.41. The van der Waals surface area contributed by atoms with Gasteiger partial charge in [0.05, 0.1) is 16.8 Å². The van der Waals surface area contributed by atoms with Gasteiger partial charge in [-0.25, -0.2) is 8.42 Å². The van der Waals surface area contributed by atoms with Crippen LogP contribution in [-0.4, -0.2) is 58.2 Å². The second kappa shape index (κ2) is 14.9. The average molecular weight is 628 g/mol. The Morgan fingerprint density at radius 1 is 0.930 bits per heavy atom. The molecular formula is C34H46ClN3O4S. The van der Waals surface area contributed by atoms with Crippen molar-refractivity contribution >= 4 is 27.1 Å². The Morgan fingerprint density at radius 2 is 1.53 bits per heavy atom. The third kappa shape index (κ3) is 7.91. The molecule has 4 rings (SSSR count). The summed E-state index contributed by atoms with van der Waals surface area (Å²) in [5, 5.41) is 19.3. The van der Waals surface area contributed by atoms with Crippen LogP contribution in [-0.2, 0) is 22.3 Å². The molecule has 0 radical (unpaired) electrons. The van der Waals surface area contributed by atoms with Crippen molar-refractivity contribution in [2.75, 3.05) is 37.8 Å². The number of alkyl halides is 1. The summed E-state index contributed by atoms with van der Waals surface area (Å²) in [6, 6.07) is 21.1. The van der Waals surface area contributed by atoms with E-state index in [1.54, 1.807) is 6.07 Å². The number of benzene rings is 3. The molecule has 0 bridgehead atoms. The van der Waals surface area contributed by atoms with Gasteiger partial charge in [0, 0.05) is 31.6 Å². The van der Waals surface area contributed by atoms with Crippen LogP contribution in [0.5, 0.6) is 5.75 Å². The zero-order valence-electron chi connectivity index (χ0n) is 25.8. The highest BCUT2D eigenvalue weighted by molar-refractivity contribution is 7.91. The minimum atomic E-state index is -3.77. The van der Waals surface area contributed by atoms with Crippen LogP contribution in [0.4, 0.5) is 5.69 Å². The molecule has 3 aromatic rings. The molecule has 0 amide bonds. The number of sulfone groups is 1. The van der Waals surface area contributed by atoms with E-state index < -0.39 is 27.5 Å². The summed E-state index contributed by atoms with van der Waals surface area (Å²) < 4.78 is 34.2. The minimum absolute atomic E-state index is 0.247. The Hall–Kier alpha value is -2.62. The number of unbranched alkanes of at least 4 members (excludes halogenated alkanes) is 2. The van der Waals surface area contributed by atoms with E-state index in [9.17, 15) is 13.5 Å². The molecule has 0 aliphatic carbocycles. The Bertz CT molecular complexity index is 1420. The van der Waals surface area contributed by atoms with E-state index in [2.05, 4.69) is 24.5 Å². The van der Waals surface area contributed by atoms with Crippen LogP contribution in [0.15, 0.2) is 71.6 Å². The summed E-state index contributed by atoms with van der Waals surface area (Å²) in [4.78, 5) is 2.21. The van der Waals surface area contributed by atoms with E-state index in [1.165, 1.54) is 0 Å². The van der Waals surface area contributed by atoms with Gasteiger partial charge in [0.15, 0.2) is 9.84 Å². The molecule has 1 aliphatic rings. The van der Waals surface area contributed by atoms with E-state index >= 15 is 0 Å². The average Bonchev–Trinajstić information content (AvgIpc) is 3.07. The molecule has 7 nitrogen and oxygen atoms in total. The van der Waals surface area contributed by atoms with Gasteiger partial charge < -0.3 is 14.7 Å². The number of rotatable bonds is 14. The third-order valence-electron chi connectivity index (χ3n) is 8.18. The molecular weight excluding hydrogens is 582 g/mol. The highest BCUT2D eigenvalue weighted by atomic mass is 35.5. The fourth-order valence-corrected chi connectivity index (χ4v) is 7.76. The second-order valence-electron chi connectivity index (χ2n) is 11.6. The van der Waals surface area contributed by atoms with Gasteiger partial charge in [-0.15, -0.1) is 11.6 Å². The molecule has 0 spiro atoms. The Labute approximate surface area is 262 Å². The summed E-state index contributed by atoms with van der Waals surface area (Å²) in [6.45, 7) is 5.78. The van der Waals surface area contributed by atoms with Crippen molar-refractivity contribution in [3.05, 3.63) is 89.0 Å². The van der Waals surface area contributed by atoms with Gasteiger partial charge >= 0.3 is 0 Å². The first-order chi connectivity index (χ1) is 20.6. The predicted octanol–water partition coefficient (Wildman–Crippen LogP) is 5.83. The van der Waals surface area contributed by atoms with Gasteiger partial charge in [0.25, 0.3) is 0 Å². The highest BCUT2D eigenvalue weighted by Crippen LogP contribution is 2.42. The number of hydrogen-bond acceptors (Lipinski definition) is 7. The lowest BCUT2D eigenvalue weighted by atomic mass is 9.81. The summed E-state index contributed by atoms with van der Waals surface area (Å²) in [7, 11) is 0.0887. The molecule has 3 aromatic carbocycles. The van der Waals surface area contributed by atoms with Crippen LogP contribution in [0.2, 0.25) is 0 Å². The molecule has 1 heterocycles. The Balaban J connectivity index is 1.75. The monoisotopic (exact) mass is 627 g/mol. The van der Waals surface area contributed by atoms with Gasteiger partial charge in [0.2, 0.25) is 0 Å². The molecule has 2 atom stereocenters. The molecule has 43 heavy (non-hydrogen) atoms. The molecule has 0 saturated heterocycles. The van der Waals surface area contributed by atoms with Crippen LogP contribution in [0, 0.1) is 0 Å². The number of aliphatic hydroxyl groups excluding tert-OH is 1. The number of nitrogens with zero attached hydrogens (tertiary/aromatic N) is 1. The number of anilines is 1.